The number of Topliss-reactive ketones (excluding diaryl/α,β-unsaturated/α-hetero) is 1. The average Bonchev–Trinajstić information content (AvgIpc) is 3.55. The number of ketones is 1. The van der Waals surface area contributed by atoms with Gasteiger partial charge in [-0.25, -0.2) is 8.42 Å². The number of phenols is 1. The Hall–Kier alpha value is -4.09. The summed E-state index contributed by atoms with van der Waals surface area (Å²) in [5.41, 5.74) is 2.43. The summed E-state index contributed by atoms with van der Waals surface area (Å²) in [6.07, 6.45) is 1.94. The summed E-state index contributed by atoms with van der Waals surface area (Å²) in [4.78, 5) is 46.1. The highest BCUT2D eigenvalue weighted by molar-refractivity contribution is 7.88. The molecule has 0 aliphatic carbocycles. The van der Waals surface area contributed by atoms with E-state index < -0.39 is 40.0 Å². The number of phenolic OH excluding ortho intramolecular Hbond substituents is 1. The lowest BCUT2D eigenvalue weighted by Gasteiger charge is -2.28. The lowest BCUT2D eigenvalue weighted by molar-refractivity contribution is -0.138. The Bertz CT molecular complexity index is 1600. The molecule has 2 fully saturated rings. The molecular formula is C32H36N4O6S. The molecule has 3 atom stereocenters. The summed E-state index contributed by atoms with van der Waals surface area (Å²) in [6.45, 7) is 6.09. The van der Waals surface area contributed by atoms with E-state index in [9.17, 15) is 27.9 Å². The van der Waals surface area contributed by atoms with Crippen LogP contribution in [0.3, 0.4) is 0 Å². The highest BCUT2D eigenvalue weighted by Crippen LogP contribution is 2.33. The Morgan fingerprint density at radius 3 is 2.37 bits per heavy atom. The number of pyridine rings is 1. The van der Waals surface area contributed by atoms with Gasteiger partial charge < -0.3 is 15.3 Å². The number of likely N-dealkylation sites (tertiary alicyclic amines) is 1. The van der Waals surface area contributed by atoms with Crippen LogP contribution in [0.1, 0.15) is 54.4 Å². The second kappa shape index (κ2) is 11.9. The smallest absolute Gasteiger partial charge is 0.251 e. The van der Waals surface area contributed by atoms with Crippen LogP contribution < -0.4 is 5.32 Å². The number of benzene rings is 2. The molecule has 2 amide bonds. The first kappa shape index (κ1) is 30.4. The predicted molar refractivity (Wildman–Crippen MR) is 161 cm³/mol. The van der Waals surface area contributed by atoms with E-state index >= 15 is 0 Å². The average molecular weight is 605 g/mol. The maximum absolute atomic E-state index is 14.0. The van der Waals surface area contributed by atoms with Crippen molar-refractivity contribution in [1.82, 2.24) is 19.5 Å². The zero-order valence-electron chi connectivity index (χ0n) is 24.4. The van der Waals surface area contributed by atoms with Gasteiger partial charge in [0.05, 0.1) is 18.3 Å². The molecule has 226 valence electrons. The maximum atomic E-state index is 14.0. The van der Waals surface area contributed by atoms with Crippen molar-refractivity contribution in [3.63, 3.8) is 0 Å². The van der Waals surface area contributed by atoms with Crippen molar-refractivity contribution in [2.24, 2.45) is 0 Å². The van der Waals surface area contributed by atoms with Gasteiger partial charge in [-0.3, -0.25) is 19.4 Å². The monoisotopic (exact) mass is 604 g/mol. The van der Waals surface area contributed by atoms with Crippen molar-refractivity contribution in [3.05, 3.63) is 95.3 Å². The summed E-state index contributed by atoms with van der Waals surface area (Å²) < 4.78 is 27.8. The van der Waals surface area contributed by atoms with Crippen LogP contribution in [0.5, 0.6) is 5.75 Å². The van der Waals surface area contributed by atoms with E-state index in [1.807, 2.05) is 12.1 Å². The van der Waals surface area contributed by atoms with Gasteiger partial charge in [-0.05, 0) is 59.4 Å². The van der Waals surface area contributed by atoms with Gasteiger partial charge in [-0.1, -0.05) is 51.1 Å². The molecule has 3 heterocycles. The minimum Gasteiger partial charge on any atom is -0.508 e. The lowest BCUT2D eigenvalue weighted by atomic mass is 9.86. The number of carbonyl (C=O) groups is 3. The summed E-state index contributed by atoms with van der Waals surface area (Å²) in [6, 6.07) is 15.9. The normalized spacial score (nSPS) is 19.7. The topological polar surface area (TPSA) is 137 Å². The molecule has 2 aliphatic heterocycles. The molecule has 0 bridgehead atoms. The van der Waals surface area contributed by atoms with Crippen LogP contribution in [0.2, 0.25) is 0 Å². The van der Waals surface area contributed by atoms with E-state index in [-0.39, 0.29) is 42.2 Å². The number of rotatable bonds is 8. The molecule has 2 saturated heterocycles. The molecule has 3 aromatic rings. The van der Waals surface area contributed by atoms with Gasteiger partial charge in [0, 0.05) is 24.7 Å². The SMILES string of the molecule is CC(C)(C)c1ccc(C(=O)NC(Cc2ccc(O)cc2)C(=O)N2CCC3C2C(=O)CN3S(=O)(=O)Cc2ccccn2)cc1. The van der Waals surface area contributed by atoms with Gasteiger partial charge in [0.2, 0.25) is 15.9 Å². The molecule has 11 heteroatoms. The number of aromatic nitrogens is 1. The molecule has 1 aromatic heterocycles. The van der Waals surface area contributed by atoms with Crippen LogP contribution in [0.15, 0.2) is 72.9 Å². The molecule has 2 aliphatic rings. The van der Waals surface area contributed by atoms with E-state index in [1.165, 1.54) is 27.5 Å². The number of aromatic hydroxyl groups is 1. The molecule has 2 aromatic carbocycles. The number of sulfonamides is 1. The number of amides is 2. The van der Waals surface area contributed by atoms with Gasteiger partial charge >= 0.3 is 0 Å². The van der Waals surface area contributed by atoms with E-state index in [2.05, 4.69) is 31.1 Å². The van der Waals surface area contributed by atoms with Crippen LogP contribution in [0.25, 0.3) is 0 Å². The number of nitrogens with one attached hydrogen (secondary N) is 1. The van der Waals surface area contributed by atoms with Crippen LogP contribution in [0, 0.1) is 0 Å². The van der Waals surface area contributed by atoms with E-state index in [0.29, 0.717) is 23.2 Å². The number of hydrogen-bond donors (Lipinski definition) is 2. The zero-order valence-corrected chi connectivity index (χ0v) is 25.3. The molecule has 0 saturated carbocycles. The lowest BCUT2D eigenvalue weighted by Crippen LogP contribution is -2.53. The van der Waals surface area contributed by atoms with Gasteiger partial charge in [-0.15, -0.1) is 0 Å². The number of fused-ring (bicyclic) bond motifs is 1. The van der Waals surface area contributed by atoms with Crippen LogP contribution >= 0.6 is 0 Å². The molecule has 0 spiro atoms. The minimum absolute atomic E-state index is 0.0699. The van der Waals surface area contributed by atoms with Crippen molar-refractivity contribution < 1.29 is 27.9 Å². The predicted octanol–water partition coefficient (Wildman–Crippen LogP) is 2.81. The largest absolute Gasteiger partial charge is 0.508 e. The quantitative estimate of drug-likeness (QED) is 0.404. The summed E-state index contributed by atoms with van der Waals surface area (Å²) in [5, 5.41) is 12.6. The van der Waals surface area contributed by atoms with Crippen LogP contribution in [-0.2, 0) is 37.2 Å². The molecule has 2 N–H and O–H groups in total. The fourth-order valence-corrected chi connectivity index (χ4v) is 7.43. The van der Waals surface area contributed by atoms with Gasteiger partial charge in [0.1, 0.15) is 23.6 Å². The van der Waals surface area contributed by atoms with Gasteiger partial charge in [-0.2, -0.15) is 4.31 Å². The summed E-state index contributed by atoms with van der Waals surface area (Å²) in [7, 11) is -3.87. The molecule has 10 nitrogen and oxygen atoms in total. The highest BCUT2D eigenvalue weighted by atomic mass is 32.2. The minimum atomic E-state index is -3.87. The Morgan fingerprint density at radius 2 is 1.74 bits per heavy atom. The van der Waals surface area contributed by atoms with Crippen molar-refractivity contribution in [1.29, 1.82) is 0 Å². The molecule has 0 radical (unpaired) electrons. The number of nitrogens with zero attached hydrogens (tertiary/aromatic N) is 3. The fraction of sp³-hybridized carbons (Fsp3) is 0.375. The highest BCUT2D eigenvalue weighted by Gasteiger charge is 2.54. The third-order valence-corrected chi connectivity index (χ3v) is 9.84. The maximum Gasteiger partial charge on any atom is 0.251 e. The van der Waals surface area contributed by atoms with E-state index in [0.717, 1.165) is 5.56 Å². The number of hydrogen-bond acceptors (Lipinski definition) is 7. The van der Waals surface area contributed by atoms with Crippen molar-refractivity contribution >= 4 is 27.6 Å². The van der Waals surface area contributed by atoms with Crippen molar-refractivity contribution in [2.75, 3.05) is 13.1 Å². The first-order valence-electron chi connectivity index (χ1n) is 14.3. The van der Waals surface area contributed by atoms with Gasteiger partial charge in [0.25, 0.3) is 5.91 Å². The molecule has 43 heavy (non-hydrogen) atoms. The molecule has 5 rings (SSSR count). The van der Waals surface area contributed by atoms with E-state index in [1.54, 1.807) is 42.5 Å². The Morgan fingerprint density at radius 1 is 1.05 bits per heavy atom. The molecule has 3 unspecified atom stereocenters. The van der Waals surface area contributed by atoms with Crippen molar-refractivity contribution in [2.45, 2.75) is 62.9 Å². The van der Waals surface area contributed by atoms with Crippen molar-refractivity contribution in [3.8, 4) is 5.75 Å². The van der Waals surface area contributed by atoms with Crippen LogP contribution in [0.4, 0.5) is 0 Å². The third kappa shape index (κ3) is 6.62. The second-order valence-corrected chi connectivity index (χ2v) is 14.1. The van der Waals surface area contributed by atoms with Crippen LogP contribution in [-0.4, -0.2) is 76.5 Å². The van der Waals surface area contributed by atoms with Gasteiger partial charge in [0.15, 0.2) is 5.78 Å². The number of carbonyl (C=O) groups excluding carboxylic acids is 3. The first-order chi connectivity index (χ1) is 20.3. The molecular weight excluding hydrogens is 568 g/mol. The zero-order chi connectivity index (χ0) is 30.9. The summed E-state index contributed by atoms with van der Waals surface area (Å²) in [5.74, 6) is -1.53. The summed E-state index contributed by atoms with van der Waals surface area (Å²) >= 11 is 0. The first-order valence-corrected chi connectivity index (χ1v) is 15.9. The third-order valence-electron chi connectivity index (χ3n) is 8.07. The van der Waals surface area contributed by atoms with E-state index in [4.69, 9.17) is 0 Å². The standard InChI is InChI=1S/C32H36N4O6S/c1-32(2,3)23-11-9-22(10-12-23)30(39)34-26(18-21-7-13-25(37)14-8-21)31(40)35-17-15-27-29(35)28(38)19-36(27)43(41,42)20-24-6-4-5-16-33-24/h4-14,16,26-27,29,37H,15,17-20H2,1-3H3,(H,34,39). The fourth-order valence-electron chi connectivity index (χ4n) is 5.77. The Balaban J connectivity index is 1.37. The Kier molecular flexibility index (Phi) is 8.40. The second-order valence-electron chi connectivity index (χ2n) is 12.1. The Labute approximate surface area is 251 Å².